The van der Waals surface area contributed by atoms with Gasteiger partial charge in [0, 0.05) is 3.57 Å². The Morgan fingerprint density at radius 1 is 1.56 bits per heavy atom. The normalized spacial score (nSPS) is 12.2. The molecule has 16 heavy (non-hydrogen) atoms. The molecular formula is C12H14ClIO2. The molecule has 1 rings (SSSR count). The van der Waals surface area contributed by atoms with Crippen LogP contribution in [0.4, 0.5) is 0 Å². The second-order valence-electron chi connectivity index (χ2n) is 3.74. The fourth-order valence-corrected chi connectivity index (χ4v) is 1.75. The molecule has 2 nitrogen and oxygen atoms in total. The van der Waals surface area contributed by atoms with E-state index < -0.39 is 5.24 Å². The van der Waals surface area contributed by atoms with Gasteiger partial charge < -0.3 is 4.74 Å². The highest BCUT2D eigenvalue weighted by atomic mass is 127. The van der Waals surface area contributed by atoms with Gasteiger partial charge in [-0.15, -0.1) is 0 Å². The van der Waals surface area contributed by atoms with Crippen LogP contribution in [0.15, 0.2) is 18.2 Å². The van der Waals surface area contributed by atoms with E-state index in [1.165, 1.54) is 0 Å². The lowest BCUT2D eigenvalue weighted by atomic mass is 10.1. The highest BCUT2D eigenvalue weighted by Gasteiger charge is 2.11. The highest BCUT2D eigenvalue weighted by molar-refractivity contribution is 14.1. The fourth-order valence-electron chi connectivity index (χ4n) is 1.13. The van der Waals surface area contributed by atoms with Crippen LogP contribution in [0.1, 0.15) is 30.6 Å². The maximum atomic E-state index is 11.2. The fraction of sp³-hybridized carbons (Fsp3) is 0.417. The third kappa shape index (κ3) is 3.94. The topological polar surface area (TPSA) is 26.3 Å². The monoisotopic (exact) mass is 352 g/mol. The molecule has 0 spiro atoms. The van der Waals surface area contributed by atoms with Gasteiger partial charge in [-0.05, 0) is 58.3 Å². The van der Waals surface area contributed by atoms with E-state index in [9.17, 15) is 4.79 Å². The second-order valence-corrected chi connectivity index (χ2v) is 5.33. The number of carbonyl (C=O) groups excluding carboxylic acids is 1. The van der Waals surface area contributed by atoms with E-state index in [1.54, 1.807) is 6.07 Å². The molecule has 4 heteroatoms. The van der Waals surface area contributed by atoms with E-state index in [2.05, 4.69) is 36.4 Å². The van der Waals surface area contributed by atoms with Gasteiger partial charge in [-0.25, -0.2) is 0 Å². The molecule has 1 aromatic rings. The molecule has 0 aliphatic rings. The molecule has 1 unspecified atom stereocenters. The number of ether oxygens (including phenoxy) is 1. The average molecular weight is 353 g/mol. The van der Waals surface area contributed by atoms with Gasteiger partial charge in [0.2, 0.25) is 0 Å². The summed E-state index contributed by atoms with van der Waals surface area (Å²) in [4.78, 5) is 11.2. The lowest BCUT2D eigenvalue weighted by Gasteiger charge is -2.13. The predicted octanol–water partition coefficient (Wildman–Crippen LogP) is 4.10. The molecule has 0 radical (unpaired) electrons. The second kappa shape index (κ2) is 6.45. The Morgan fingerprint density at radius 2 is 2.25 bits per heavy atom. The van der Waals surface area contributed by atoms with Gasteiger partial charge in [-0.1, -0.05) is 20.3 Å². The van der Waals surface area contributed by atoms with Crippen molar-refractivity contribution in [3.05, 3.63) is 27.3 Å². The summed E-state index contributed by atoms with van der Waals surface area (Å²) in [6.07, 6.45) is 1.05. The molecule has 88 valence electrons. The summed E-state index contributed by atoms with van der Waals surface area (Å²) in [7, 11) is 0. The molecule has 0 saturated carbocycles. The van der Waals surface area contributed by atoms with Crippen LogP contribution in [-0.2, 0) is 0 Å². The van der Waals surface area contributed by atoms with E-state index in [0.29, 0.717) is 23.8 Å². The minimum atomic E-state index is -0.476. The Balaban J connectivity index is 2.84. The minimum Gasteiger partial charge on any atom is -0.492 e. The van der Waals surface area contributed by atoms with Gasteiger partial charge in [-0.2, -0.15) is 0 Å². The Morgan fingerprint density at radius 3 is 2.81 bits per heavy atom. The van der Waals surface area contributed by atoms with Gasteiger partial charge in [0.15, 0.2) is 0 Å². The standard InChI is InChI=1S/C12H14ClIO2/c1-3-8(2)7-16-11-6-9(14)4-5-10(11)12(13)15/h4-6,8H,3,7H2,1-2H3. The first-order valence-corrected chi connectivity index (χ1v) is 6.62. The molecule has 0 aliphatic carbocycles. The molecule has 0 fully saturated rings. The van der Waals surface area contributed by atoms with Gasteiger partial charge in [-0.3, -0.25) is 4.79 Å². The number of halogens is 2. The average Bonchev–Trinajstić information content (AvgIpc) is 2.25. The first kappa shape index (κ1) is 13.8. The van der Waals surface area contributed by atoms with Crippen molar-refractivity contribution >= 4 is 39.4 Å². The Bertz CT molecular complexity index is 379. The van der Waals surface area contributed by atoms with Gasteiger partial charge >= 0.3 is 0 Å². The zero-order chi connectivity index (χ0) is 12.1. The largest absolute Gasteiger partial charge is 0.492 e. The van der Waals surface area contributed by atoms with Crippen molar-refractivity contribution in [3.63, 3.8) is 0 Å². The van der Waals surface area contributed by atoms with Crippen molar-refractivity contribution < 1.29 is 9.53 Å². The van der Waals surface area contributed by atoms with Crippen molar-refractivity contribution in [1.82, 2.24) is 0 Å². The van der Waals surface area contributed by atoms with Crippen LogP contribution in [0.2, 0.25) is 0 Å². The third-order valence-electron chi connectivity index (χ3n) is 2.38. The zero-order valence-corrected chi connectivity index (χ0v) is 12.2. The number of benzene rings is 1. The van der Waals surface area contributed by atoms with Crippen molar-refractivity contribution in [2.75, 3.05) is 6.61 Å². The highest BCUT2D eigenvalue weighted by Crippen LogP contribution is 2.24. The molecule has 0 heterocycles. The van der Waals surface area contributed by atoms with Gasteiger partial charge in [0.25, 0.3) is 5.24 Å². The minimum absolute atomic E-state index is 0.436. The van der Waals surface area contributed by atoms with Crippen LogP contribution in [0.5, 0.6) is 5.75 Å². The summed E-state index contributed by atoms with van der Waals surface area (Å²) in [5, 5.41) is -0.476. The molecular weight excluding hydrogens is 338 g/mol. The maximum absolute atomic E-state index is 11.2. The van der Waals surface area contributed by atoms with E-state index in [1.807, 2.05) is 12.1 Å². The van der Waals surface area contributed by atoms with Crippen LogP contribution in [0.25, 0.3) is 0 Å². The molecule has 0 aliphatic heterocycles. The number of rotatable bonds is 5. The lowest BCUT2D eigenvalue weighted by Crippen LogP contribution is -2.09. The van der Waals surface area contributed by atoms with E-state index in [0.717, 1.165) is 9.99 Å². The van der Waals surface area contributed by atoms with Crippen LogP contribution >= 0.6 is 34.2 Å². The summed E-state index contributed by atoms with van der Waals surface area (Å²) < 4.78 is 6.65. The SMILES string of the molecule is CCC(C)COc1cc(I)ccc1C(=O)Cl. The summed E-state index contributed by atoms with van der Waals surface area (Å²) in [5.41, 5.74) is 0.436. The Labute approximate surface area is 114 Å². The van der Waals surface area contributed by atoms with E-state index >= 15 is 0 Å². The third-order valence-corrected chi connectivity index (χ3v) is 3.25. The van der Waals surface area contributed by atoms with Crippen molar-refractivity contribution in [2.45, 2.75) is 20.3 Å². The van der Waals surface area contributed by atoms with Crippen LogP contribution in [0, 0.1) is 9.49 Å². The molecule has 0 aromatic heterocycles. The summed E-state index contributed by atoms with van der Waals surface area (Å²) >= 11 is 7.67. The van der Waals surface area contributed by atoms with Crippen LogP contribution < -0.4 is 4.74 Å². The molecule has 0 amide bonds. The lowest BCUT2D eigenvalue weighted by molar-refractivity contribution is 0.107. The van der Waals surface area contributed by atoms with E-state index in [-0.39, 0.29) is 0 Å². The smallest absolute Gasteiger partial charge is 0.256 e. The first-order valence-electron chi connectivity index (χ1n) is 5.16. The molecule has 0 saturated heterocycles. The number of hydrogen-bond donors (Lipinski definition) is 0. The summed E-state index contributed by atoms with van der Waals surface area (Å²) in [6, 6.07) is 5.37. The van der Waals surface area contributed by atoms with Crippen LogP contribution in [0.3, 0.4) is 0 Å². The molecule has 1 atom stereocenters. The maximum Gasteiger partial charge on any atom is 0.256 e. The summed E-state index contributed by atoms with van der Waals surface area (Å²) in [5.74, 6) is 1.04. The van der Waals surface area contributed by atoms with Gasteiger partial charge in [0.05, 0.1) is 12.2 Å². The summed E-state index contributed by atoms with van der Waals surface area (Å²) in [6.45, 7) is 4.82. The molecule has 0 N–H and O–H groups in total. The van der Waals surface area contributed by atoms with Gasteiger partial charge in [0.1, 0.15) is 5.75 Å². The van der Waals surface area contributed by atoms with Crippen molar-refractivity contribution in [1.29, 1.82) is 0 Å². The predicted molar refractivity (Wildman–Crippen MR) is 74.3 cm³/mol. The Hall–Kier alpha value is -0.290. The van der Waals surface area contributed by atoms with Crippen molar-refractivity contribution in [2.24, 2.45) is 5.92 Å². The molecule has 0 bridgehead atoms. The molecule has 1 aromatic carbocycles. The van der Waals surface area contributed by atoms with Crippen molar-refractivity contribution in [3.8, 4) is 5.75 Å². The quantitative estimate of drug-likeness (QED) is 0.589. The zero-order valence-electron chi connectivity index (χ0n) is 9.30. The van der Waals surface area contributed by atoms with E-state index in [4.69, 9.17) is 16.3 Å². The Kier molecular flexibility index (Phi) is 5.55. The van der Waals surface area contributed by atoms with Crippen LogP contribution in [-0.4, -0.2) is 11.8 Å². The first-order chi connectivity index (χ1) is 7.54. The number of hydrogen-bond acceptors (Lipinski definition) is 2. The number of carbonyl (C=O) groups is 1.